The smallest absolute Gasteiger partial charge is 0.263 e. The predicted molar refractivity (Wildman–Crippen MR) is 98.9 cm³/mol. The van der Waals surface area contributed by atoms with E-state index in [-0.39, 0.29) is 0 Å². The van der Waals surface area contributed by atoms with Crippen molar-refractivity contribution < 1.29 is 13.6 Å². The molecule has 4 rings (SSSR count). The van der Waals surface area contributed by atoms with E-state index in [4.69, 9.17) is 13.6 Å². The van der Waals surface area contributed by atoms with Gasteiger partial charge in [-0.1, -0.05) is 18.6 Å². The minimum atomic E-state index is 0.377. The fourth-order valence-corrected chi connectivity index (χ4v) is 3.68. The van der Waals surface area contributed by atoms with E-state index in [2.05, 4.69) is 28.1 Å². The third-order valence-corrected chi connectivity index (χ3v) is 5.07. The molecule has 26 heavy (non-hydrogen) atoms. The first-order chi connectivity index (χ1) is 12.7. The van der Waals surface area contributed by atoms with Crippen LogP contribution in [0, 0.1) is 6.92 Å². The van der Waals surface area contributed by atoms with Gasteiger partial charge in [-0.2, -0.15) is 0 Å². The van der Waals surface area contributed by atoms with Gasteiger partial charge < -0.3 is 13.6 Å². The molecule has 0 aliphatic carbocycles. The lowest BCUT2D eigenvalue weighted by Crippen LogP contribution is -2.33. The lowest BCUT2D eigenvalue weighted by Gasteiger charge is -2.35. The van der Waals surface area contributed by atoms with Crippen LogP contribution < -0.4 is 4.74 Å². The summed E-state index contributed by atoms with van der Waals surface area (Å²) in [5.41, 5.74) is 2.28. The van der Waals surface area contributed by atoms with E-state index in [1.54, 1.807) is 13.4 Å². The van der Waals surface area contributed by atoms with Gasteiger partial charge in [-0.3, -0.25) is 4.90 Å². The molecule has 1 fully saturated rings. The summed E-state index contributed by atoms with van der Waals surface area (Å²) in [5.74, 6) is 2.98. The first-order valence-corrected chi connectivity index (χ1v) is 9.13. The van der Waals surface area contributed by atoms with Crippen LogP contribution in [0.3, 0.4) is 0 Å². The molecule has 1 saturated heterocycles. The van der Waals surface area contributed by atoms with Gasteiger partial charge in [-0.25, -0.2) is 4.98 Å². The highest BCUT2D eigenvalue weighted by molar-refractivity contribution is 5.44. The van der Waals surface area contributed by atoms with Gasteiger partial charge in [0.15, 0.2) is 5.76 Å². The number of piperidine rings is 1. The van der Waals surface area contributed by atoms with E-state index in [0.717, 1.165) is 36.7 Å². The highest BCUT2D eigenvalue weighted by Gasteiger charge is 2.26. The van der Waals surface area contributed by atoms with Gasteiger partial charge in [0.2, 0.25) is 0 Å². The number of oxazole rings is 1. The Labute approximate surface area is 153 Å². The number of ether oxygens (including phenoxy) is 1. The van der Waals surface area contributed by atoms with Gasteiger partial charge in [0.25, 0.3) is 5.89 Å². The zero-order valence-electron chi connectivity index (χ0n) is 15.3. The summed E-state index contributed by atoms with van der Waals surface area (Å²) in [4.78, 5) is 7.18. The topological polar surface area (TPSA) is 51.6 Å². The fourth-order valence-electron chi connectivity index (χ4n) is 3.68. The Balaban J connectivity index is 1.57. The number of nitrogens with zero attached hydrogens (tertiary/aromatic N) is 2. The predicted octanol–water partition coefficient (Wildman–Crippen LogP) is 4.98. The maximum atomic E-state index is 5.83. The molecule has 0 radical (unpaired) electrons. The van der Waals surface area contributed by atoms with Crippen molar-refractivity contribution in [1.82, 2.24) is 9.88 Å². The van der Waals surface area contributed by atoms with E-state index in [1.165, 1.54) is 18.4 Å². The van der Waals surface area contributed by atoms with Gasteiger partial charge >= 0.3 is 0 Å². The van der Waals surface area contributed by atoms with Crippen molar-refractivity contribution in [3.63, 3.8) is 0 Å². The Hall–Kier alpha value is -2.53. The first-order valence-electron chi connectivity index (χ1n) is 9.13. The number of aromatic nitrogens is 1. The van der Waals surface area contributed by atoms with Crippen molar-refractivity contribution in [1.29, 1.82) is 0 Å². The zero-order valence-corrected chi connectivity index (χ0v) is 15.3. The van der Waals surface area contributed by atoms with Crippen LogP contribution in [0.25, 0.3) is 11.7 Å². The van der Waals surface area contributed by atoms with Crippen LogP contribution in [-0.4, -0.2) is 23.5 Å². The molecule has 1 aliphatic heterocycles. The monoisotopic (exact) mass is 352 g/mol. The van der Waals surface area contributed by atoms with Gasteiger partial charge in [0.05, 0.1) is 19.1 Å². The van der Waals surface area contributed by atoms with Crippen LogP contribution in [0.2, 0.25) is 0 Å². The molecule has 3 heterocycles. The Morgan fingerprint density at radius 2 is 2.15 bits per heavy atom. The second-order valence-electron chi connectivity index (χ2n) is 6.76. The highest BCUT2D eigenvalue weighted by Crippen LogP contribution is 2.34. The number of hydrogen-bond donors (Lipinski definition) is 0. The zero-order chi connectivity index (χ0) is 17.9. The number of hydrogen-bond acceptors (Lipinski definition) is 5. The summed E-state index contributed by atoms with van der Waals surface area (Å²) in [6.07, 6.45) is 5.24. The number of benzene rings is 1. The summed E-state index contributed by atoms with van der Waals surface area (Å²) >= 11 is 0. The summed E-state index contributed by atoms with van der Waals surface area (Å²) in [6, 6.07) is 12.5. The Bertz CT molecular complexity index is 854. The Kier molecular flexibility index (Phi) is 4.80. The van der Waals surface area contributed by atoms with Gasteiger partial charge in [0, 0.05) is 12.6 Å². The normalized spacial score (nSPS) is 18.2. The SMILES string of the molecule is COc1cccc(C2CCCCN2Cc2nc(-c3ccco3)oc2C)c1. The molecule has 1 aliphatic rings. The van der Waals surface area contributed by atoms with Crippen molar-refractivity contribution in [2.24, 2.45) is 0 Å². The third-order valence-electron chi connectivity index (χ3n) is 5.07. The van der Waals surface area contributed by atoms with Crippen LogP contribution in [0.1, 0.15) is 42.3 Å². The second kappa shape index (κ2) is 7.38. The van der Waals surface area contributed by atoms with E-state index in [1.807, 2.05) is 25.1 Å². The average Bonchev–Trinajstić information content (AvgIpc) is 3.33. The largest absolute Gasteiger partial charge is 0.497 e. The molecular weight excluding hydrogens is 328 g/mol. The Morgan fingerprint density at radius 3 is 2.96 bits per heavy atom. The van der Waals surface area contributed by atoms with Crippen LogP contribution in [0.15, 0.2) is 51.5 Å². The van der Waals surface area contributed by atoms with Crippen molar-refractivity contribution in [2.45, 2.75) is 38.8 Å². The van der Waals surface area contributed by atoms with Gasteiger partial charge in [-0.05, 0) is 56.1 Å². The molecule has 0 spiro atoms. The molecule has 1 aromatic carbocycles. The lowest BCUT2D eigenvalue weighted by molar-refractivity contribution is 0.138. The molecule has 0 saturated carbocycles. The molecule has 5 heteroatoms. The molecule has 136 valence electrons. The maximum absolute atomic E-state index is 5.83. The van der Waals surface area contributed by atoms with E-state index >= 15 is 0 Å². The maximum Gasteiger partial charge on any atom is 0.263 e. The van der Waals surface area contributed by atoms with E-state index < -0.39 is 0 Å². The van der Waals surface area contributed by atoms with E-state index in [9.17, 15) is 0 Å². The molecule has 5 nitrogen and oxygen atoms in total. The molecule has 0 bridgehead atoms. The van der Waals surface area contributed by atoms with Crippen molar-refractivity contribution >= 4 is 0 Å². The minimum absolute atomic E-state index is 0.377. The average molecular weight is 352 g/mol. The number of methoxy groups -OCH3 is 1. The number of rotatable bonds is 5. The minimum Gasteiger partial charge on any atom is -0.497 e. The molecule has 2 aromatic heterocycles. The molecule has 0 amide bonds. The van der Waals surface area contributed by atoms with Gasteiger partial charge in [-0.15, -0.1) is 0 Å². The highest BCUT2D eigenvalue weighted by atomic mass is 16.5. The molecular formula is C21H24N2O3. The van der Waals surface area contributed by atoms with Crippen LogP contribution in [0.4, 0.5) is 0 Å². The second-order valence-corrected chi connectivity index (χ2v) is 6.76. The first kappa shape index (κ1) is 16.9. The van der Waals surface area contributed by atoms with E-state index in [0.29, 0.717) is 17.7 Å². The van der Waals surface area contributed by atoms with Gasteiger partial charge in [0.1, 0.15) is 11.5 Å². The van der Waals surface area contributed by atoms with Crippen LogP contribution in [-0.2, 0) is 6.54 Å². The Morgan fingerprint density at radius 1 is 1.23 bits per heavy atom. The number of furan rings is 1. The summed E-state index contributed by atoms with van der Waals surface area (Å²) in [5, 5.41) is 0. The summed E-state index contributed by atoms with van der Waals surface area (Å²) in [7, 11) is 1.71. The summed E-state index contributed by atoms with van der Waals surface area (Å²) < 4.78 is 16.6. The molecule has 0 N–H and O–H groups in total. The van der Waals surface area contributed by atoms with Crippen LogP contribution in [0.5, 0.6) is 5.75 Å². The quantitative estimate of drug-likeness (QED) is 0.648. The van der Waals surface area contributed by atoms with Crippen molar-refractivity contribution in [3.05, 3.63) is 59.7 Å². The third kappa shape index (κ3) is 3.40. The molecule has 1 unspecified atom stereocenters. The lowest BCUT2D eigenvalue weighted by atomic mass is 9.95. The number of likely N-dealkylation sites (tertiary alicyclic amines) is 1. The molecule has 3 aromatic rings. The summed E-state index contributed by atoms with van der Waals surface area (Å²) in [6.45, 7) is 3.81. The number of aryl methyl sites for hydroxylation is 1. The standard InChI is InChI=1S/C21H24N2O3/c1-15-18(22-21(26-15)20-10-6-12-25-20)14-23-11-4-3-9-19(23)16-7-5-8-17(13-16)24-2/h5-8,10,12-13,19H,3-4,9,11,14H2,1-2H3. The molecule has 1 atom stereocenters. The van der Waals surface area contributed by atoms with Crippen molar-refractivity contribution in [2.75, 3.05) is 13.7 Å². The van der Waals surface area contributed by atoms with Crippen molar-refractivity contribution in [3.8, 4) is 17.4 Å². The van der Waals surface area contributed by atoms with Crippen LogP contribution >= 0.6 is 0 Å². The fraction of sp³-hybridized carbons (Fsp3) is 0.381.